The third-order valence-electron chi connectivity index (χ3n) is 8.17. The average molecular weight is 550 g/mol. The summed E-state index contributed by atoms with van der Waals surface area (Å²) in [7, 11) is 0. The maximum atomic E-state index is 14.5. The molecule has 1 aliphatic carbocycles. The van der Waals surface area contributed by atoms with Crippen LogP contribution in [-0.4, -0.2) is 21.9 Å². The van der Waals surface area contributed by atoms with E-state index in [0.29, 0.717) is 24.2 Å². The molecular formula is C36H35F2N2O+. The number of halogens is 2. The Kier molecular flexibility index (Phi) is 8.16. The van der Waals surface area contributed by atoms with Crippen molar-refractivity contribution in [2.75, 3.05) is 0 Å². The second-order valence-corrected chi connectivity index (χ2v) is 10.6. The number of hydrogen-bond donors (Lipinski definition) is 2. The smallest absolute Gasteiger partial charge is 0.210 e. The number of fused-ring (bicyclic) bond motifs is 3. The van der Waals surface area contributed by atoms with Crippen LogP contribution < -0.4 is 5.32 Å². The van der Waals surface area contributed by atoms with Gasteiger partial charge in [-0.2, -0.15) is 4.58 Å². The summed E-state index contributed by atoms with van der Waals surface area (Å²) in [6.45, 7) is 7.63. The maximum Gasteiger partial charge on any atom is 0.210 e. The monoisotopic (exact) mass is 549 g/mol. The summed E-state index contributed by atoms with van der Waals surface area (Å²) < 4.78 is 30.6. The molecule has 3 aliphatic rings. The van der Waals surface area contributed by atoms with Gasteiger partial charge in [0.1, 0.15) is 17.0 Å². The summed E-state index contributed by atoms with van der Waals surface area (Å²) in [5, 5.41) is 13.7. The first-order chi connectivity index (χ1) is 19.9. The quantitative estimate of drug-likeness (QED) is 0.256. The van der Waals surface area contributed by atoms with Crippen LogP contribution in [0.2, 0.25) is 0 Å². The van der Waals surface area contributed by atoms with Gasteiger partial charge in [0.2, 0.25) is 5.69 Å². The van der Waals surface area contributed by atoms with E-state index in [1.165, 1.54) is 17.7 Å². The van der Waals surface area contributed by atoms with E-state index in [1.54, 1.807) is 12.1 Å². The van der Waals surface area contributed by atoms with E-state index < -0.39 is 11.2 Å². The van der Waals surface area contributed by atoms with Crippen molar-refractivity contribution in [3.8, 4) is 5.75 Å². The molecule has 5 heteroatoms. The van der Waals surface area contributed by atoms with Gasteiger partial charge in [-0.3, -0.25) is 0 Å². The predicted octanol–water partition coefficient (Wildman–Crippen LogP) is 8.53. The summed E-state index contributed by atoms with van der Waals surface area (Å²) in [6.07, 6.45) is 21.5. The van der Waals surface area contributed by atoms with Gasteiger partial charge in [0.25, 0.3) is 0 Å². The minimum Gasteiger partial charge on any atom is -0.508 e. The maximum absolute atomic E-state index is 14.5. The number of nitrogens with zero attached hydrogens (tertiary/aromatic N) is 1. The standard InChI is InChI=1S/C36H34F2N2O/c1-4-5-8-25(2)27-11-15-30(16-12-27)39-31-20-22-40-34-10-7-6-9-33(34)36(35(40)24-31,28-13-17-32(41)18-14-28)29(19-21-37)23-26(3)38/h4-11,13-23,27,35,41H,3,12,24H2,1-2H3/p+1/b5-4-,21-19+,25-8+,29-23+. The summed E-state index contributed by atoms with van der Waals surface area (Å²) in [5.74, 6) is -0.178. The van der Waals surface area contributed by atoms with Gasteiger partial charge in [-0.05, 0) is 61.8 Å². The van der Waals surface area contributed by atoms with Gasteiger partial charge in [-0.15, -0.1) is 0 Å². The van der Waals surface area contributed by atoms with Crippen LogP contribution in [0.1, 0.15) is 37.8 Å². The van der Waals surface area contributed by atoms with Crippen LogP contribution in [0.4, 0.5) is 14.5 Å². The molecule has 2 N–H and O–H groups in total. The SMILES string of the molecule is C=C(F)/C=C(\C=C\F)C1(c2ccc(O)cc2)c2ccccc2[N+]2=CC=C(NC3=CCC(/C(C)=C/C=C\C)C=C3)CC21. The molecule has 3 atom stereocenters. The number of aromatic hydroxyl groups is 1. The Labute approximate surface area is 240 Å². The highest BCUT2D eigenvalue weighted by Crippen LogP contribution is 2.55. The molecule has 41 heavy (non-hydrogen) atoms. The number of allylic oxidation sites excluding steroid dienone is 11. The van der Waals surface area contributed by atoms with E-state index in [4.69, 9.17) is 0 Å². The Morgan fingerprint density at radius 1 is 1.17 bits per heavy atom. The van der Waals surface area contributed by atoms with E-state index in [1.807, 2.05) is 55.6 Å². The van der Waals surface area contributed by atoms with Crippen LogP contribution in [0.15, 0.2) is 144 Å². The van der Waals surface area contributed by atoms with Crippen molar-refractivity contribution < 1.29 is 18.5 Å². The predicted molar refractivity (Wildman–Crippen MR) is 163 cm³/mol. The van der Waals surface area contributed by atoms with Crippen LogP contribution in [0.3, 0.4) is 0 Å². The van der Waals surface area contributed by atoms with Crippen LogP contribution in [0, 0.1) is 5.92 Å². The van der Waals surface area contributed by atoms with Gasteiger partial charge in [0.15, 0.2) is 12.3 Å². The highest BCUT2D eigenvalue weighted by atomic mass is 19.1. The molecule has 0 saturated carbocycles. The highest BCUT2D eigenvalue weighted by molar-refractivity contribution is 5.74. The first-order valence-electron chi connectivity index (χ1n) is 13.9. The second-order valence-electron chi connectivity index (χ2n) is 10.6. The topological polar surface area (TPSA) is 35.3 Å². The Morgan fingerprint density at radius 2 is 1.95 bits per heavy atom. The molecule has 0 aromatic heterocycles. The molecule has 0 radical (unpaired) electrons. The third-order valence-corrected chi connectivity index (χ3v) is 8.17. The number of para-hydroxylation sites is 1. The number of nitrogens with one attached hydrogen (secondary N) is 1. The molecule has 0 spiro atoms. The fourth-order valence-electron chi connectivity index (χ4n) is 6.29. The highest BCUT2D eigenvalue weighted by Gasteiger charge is 2.59. The summed E-state index contributed by atoms with van der Waals surface area (Å²) >= 11 is 0. The van der Waals surface area contributed by atoms with Gasteiger partial charge >= 0.3 is 0 Å². The molecule has 208 valence electrons. The minimum absolute atomic E-state index is 0.121. The van der Waals surface area contributed by atoms with E-state index >= 15 is 0 Å². The number of rotatable bonds is 8. The van der Waals surface area contributed by atoms with Gasteiger partial charge in [-0.25, -0.2) is 8.78 Å². The first kappa shape index (κ1) is 28.0. The normalized spacial score (nSPS) is 24.1. The Balaban J connectivity index is 1.57. The Morgan fingerprint density at radius 3 is 2.63 bits per heavy atom. The van der Waals surface area contributed by atoms with Crippen LogP contribution in [0.25, 0.3) is 0 Å². The van der Waals surface area contributed by atoms with Gasteiger partial charge < -0.3 is 10.4 Å². The van der Waals surface area contributed by atoms with Gasteiger partial charge in [0.05, 0.1) is 12.8 Å². The molecule has 5 rings (SSSR count). The molecule has 0 bridgehead atoms. The molecule has 3 nitrogen and oxygen atoms in total. The zero-order valence-electron chi connectivity index (χ0n) is 23.4. The van der Waals surface area contributed by atoms with Crippen molar-refractivity contribution >= 4 is 11.9 Å². The van der Waals surface area contributed by atoms with E-state index in [9.17, 15) is 13.9 Å². The molecule has 0 fully saturated rings. The van der Waals surface area contributed by atoms with E-state index in [2.05, 4.69) is 59.9 Å². The lowest BCUT2D eigenvalue weighted by Gasteiger charge is -2.35. The lowest BCUT2D eigenvalue weighted by atomic mass is 9.64. The molecular weight excluding hydrogens is 514 g/mol. The molecule has 2 aliphatic heterocycles. The Bertz CT molecular complexity index is 1580. The molecule has 2 heterocycles. The van der Waals surface area contributed by atoms with Crippen molar-refractivity contribution in [2.24, 2.45) is 5.92 Å². The van der Waals surface area contributed by atoms with E-state index in [-0.39, 0.29) is 11.8 Å². The molecule has 0 amide bonds. The fourth-order valence-corrected chi connectivity index (χ4v) is 6.29. The average Bonchev–Trinajstić information content (AvgIpc) is 3.26. The fraction of sp³-hybridized carbons (Fsp3) is 0.194. The molecule has 0 saturated heterocycles. The van der Waals surface area contributed by atoms with Crippen molar-refractivity contribution in [3.63, 3.8) is 0 Å². The minimum atomic E-state index is -0.948. The van der Waals surface area contributed by atoms with Crippen molar-refractivity contribution in [3.05, 3.63) is 156 Å². The first-order valence-corrected chi connectivity index (χ1v) is 13.9. The van der Waals surface area contributed by atoms with Crippen molar-refractivity contribution in [2.45, 2.75) is 38.1 Å². The zero-order chi connectivity index (χ0) is 29.0. The number of benzene rings is 2. The summed E-state index contributed by atoms with van der Waals surface area (Å²) in [6, 6.07) is 14.6. The number of phenols is 1. The van der Waals surface area contributed by atoms with Gasteiger partial charge in [-0.1, -0.05) is 72.9 Å². The lowest BCUT2D eigenvalue weighted by molar-refractivity contribution is -0.477. The van der Waals surface area contributed by atoms with E-state index in [0.717, 1.165) is 34.6 Å². The number of phenolic OH excluding ortho intramolecular Hbond substituents is 1. The molecule has 2 aromatic carbocycles. The van der Waals surface area contributed by atoms with Crippen LogP contribution in [-0.2, 0) is 5.41 Å². The summed E-state index contributed by atoms with van der Waals surface area (Å²) in [5.41, 5.74) is 5.54. The zero-order valence-corrected chi connectivity index (χ0v) is 23.4. The summed E-state index contributed by atoms with van der Waals surface area (Å²) in [4.78, 5) is 0. The third kappa shape index (κ3) is 5.32. The van der Waals surface area contributed by atoms with Gasteiger partial charge in [0, 0.05) is 35.0 Å². The van der Waals surface area contributed by atoms with Crippen LogP contribution in [0.5, 0.6) is 5.75 Å². The Hall–Kier alpha value is -4.51. The molecule has 3 unspecified atom stereocenters. The number of hydrogen-bond acceptors (Lipinski definition) is 2. The van der Waals surface area contributed by atoms with Crippen molar-refractivity contribution in [1.29, 1.82) is 0 Å². The van der Waals surface area contributed by atoms with Crippen molar-refractivity contribution in [1.82, 2.24) is 5.32 Å². The second kappa shape index (κ2) is 11.9. The largest absolute Gasteiger partial charge is 0.508 e. The van der Waals surface area contributed by atoms with Crippen LogP contribution >= 0.6 is 0 Å². The molecule has 2 aromatic rings. The lowest BCUT2D eigenvalue weighted by Crippen LogP contribution is -2.44.